The van der Waals surface area contributed by atoms with Gasteiger partial charge >= 0.3 is 5.69 Å². The van der Waals surface area contributed by atoms with Gasteiger partial charge in [-0.25, -0.2) is 14.2 Å². The Morgan fingerprint density at radius 1 is 1.22 bits per heavy atom. The van der Waals surface area contributed by atoms with Crippen molar-refractivity contribution in [2.45, 2.75) is 65.3 Å². The van der Waals surface area contributed by atoms with E-state index in [1.54, 1.807) is 7.05 Å². The van der Waals surface area contributed by atoms with E-state index in [1.165, 1.54) is 15.6 Å². The van der Waals surface area contributed by atoms with E-state index in [0.29, 0.717) is 29.9 Å². The third kappa shape index (κ3) is 5.66. The number of anilines is 3. The number of piperidine rings is 1. The molecule has 1 aromatic carbocycles. The average molecular weight is 512 g/mol. The fraction of sp³-hybridized carbons (Fsp3) is 0.577. The van der Waals surface area contributed by atoms with Gasteiger partial charge in [0.05, 0.1) is 11.9 Å². The number of likely N-dealkylation sites (tertiary alicyclic amines) is 1. The topological polar surface area (TPSA) is 106 Å². The molecule has 3 heterocycles. The SMILES string of the molecule is CCC(C)c1cc(C)c(Nc2ncc(F)c(NCC3CCCN(C)C3CC)n2)cc1-n1nnn(C)c1=O. The molecule has 1 aliphatic heterocycles. The summed E-state index contributed by atoms with van der Waals surface area (Å²) in [7, 11) is 3.73. The minimum Gasteiger partial charge on any atom is -0.367 e. The van der Waals surface area contributed by atoms with Gasteiger partial charge in [0, 0.05) is 25.3 Å². The third-order valence-electron chi connectivity index (χ3n) is 7.60. The van der Waals surface area contributed by atoms with Crippen LogP contribution in [0.4, 0.5) is 21.8 Å². The van der Waals surface area contributed by atoms with Crippen LogP contribution < -0.4 is 16.3 Å². The van der Waals surface area contributed by atoms with E-state index in [-0.39, 0.29) is 23.4 Å². The number of nitrogens with zero attached hydrogens (tertiary/aromatic N) is 7. The predicted octanol–water partition coefficient (Wildman–Crippen LogP) is 3.99. The number of halogens is 1. The number of rotatable bonds is 9. The first-order valence-corrected chi connectivity index (χ1v) is 13.1. The molecule has 4 rings (SSSR count). The van der Waals surface area contributed by atoms with E-state index in [9.17, 15) is 9.18 Å². The van der Waals surface area contributed by atoms with Crippen LogP contribution in [0.15, 0.2) is 23.1 Å². The molecule has 3 aromatic rings. The molecule has 0 radical (unpaired) electrons. The van der Waals surface area contributed by atoms with Gasteiger partial charge in [0.1, 0.15) is 0 Å². The molecule has 11 heteroatoms. The largest absolute Gasteiger partial charge is 0.368 e. The van der Waals surface area contributed by atoms with Gasteiger partial charge in [-0.2, -0.15) is 14.3 Å². The van der Waals surface area contributed by atoms with Gasteiger partial charge in [-0.05, 0) is 85.7 Å². The monoisotopic (exact) mass is 511 g/mol. The van der Waals surface area contributed by atoms with E-state index in [0.717, 1.165) is 43.4 Å². The number of hydrogen-bond acceptors (Lipinski definition) is 8. The van der Waals surface area contributed by atoms with Crippen LogP contribution in [-0.4, -0.2) is 60.8 Å². The predicted molar refractivity (Wildman–Crippen MR) is 143 cm³/mol. The van der Waals surface area contributed by atoms with Crippen LogP contribution in [0.3, 0.4) is 0 Å². The number of tetrazole rings is 1. The third-order valence-corrected chi connectivity index (χ3v) is 7.60. The van der Waals surface area contributed by atoms with Gasteiger partial charge in [0.25, 0.3) is 0 Å². The summed E-state index contributed by atoms with van der Waals surface area (Å²) < 4.78 is 17.1. The number of nitrogens with one attached hydrogen (secondary N) is 2. The second kappa shape index (κ2) is 11.4. The Bertz CT molecular complexity index is 1290. The Labute approximate surface area is 217 Å². The lowest BCUT2D eigenvalue weighted by molar-refractivity contribution is 0.123. The number of benzene rings is 1. The molecule has 0 spiro atoms. The van der Waals surface area contributed by atoms with E-state index in [4.69, 9.17) is 0 Å². The van der Waals surface area contributed by atoms with Crippen LogP contribution in [0.1, 0.15) is 63.5 Å². The van der Waals surface area contributed by atoms with E-state index >= 15 is 0 Å². The molecule has 37 heavy (non-hydrogen) atoms. The Balaban J connectivity index is 1.60. The molecule has 3 unspecified atom stereocenters. The Hall–Kier alpha value is -3.34. The molecule has 1 aliphatic rings. The molecule has 3 atom stereocenters. The summed E-state index contributed by atoms with van der Waals surface area (Å²) in [5.74, 6) is 0.602. The molecule has 2 aromatic heterocycles. The normalized spacial score (nSPS) is 19.1. The highest BCUT2D eigenvalue weighted by Crippen LogP contribution is 2.31. The maximum absolute atomic E-state index is 14.6. The van der Waals surface area contributed by atoms with Crippen molar-refractivity contribution in [3.63, 3.8) is 0 Å². The van der Waals surface area contributed by atoms with Gasteiger partial charge in [0.2, 0.25) is 5.95 Å². The van der Waals surface area contributed by atoms with Gasteiger partial charge in [-0.3, -0.25) is 0 Å². The lowest BCUT2D eigenvalue weighted by atomic mass is 9.88. The highest BCUT2D eigenvalue weighted by Gasteiger charge is 2.28. The van der Waals surface area contributed by atoms with Crippen molar-refractivity contribution in [3.05, 3.63) is 45.8 Å². The van der Waals surface area contributed by atoms with Crippen LogP contribution in [0.25, 0.3) is 5.69 Å². The molecule has 200 valence electrons. The molecule has 10 nitrogen and oxygen atoms in total. The van der Waals surface area contributed by atoms with E-state index in [2.05, 4.69) is 63.7 Å². The summed E-state index contributed by atoms with van der Waals surface area (Å²) in [6, 6.07) is 4.37. The summed E-state index contributed by atoms with van der Waals surface area (Å²) in [5, 5.41) is 14.4. The summed E-state index contributed by atoms with van der Waals surface area (Å²) >= 11 is 0. The minimum absolute atomic E-state index is 0.180. The van der Waals surface area contributed by atoms with Crippen molar-refractivity contribution in [3.8, 4) is 5.69 Å². The zero-order chi connectivity index (χ0) is 26.7. The van der Waals surface area contributed by atoms with Crippen molar-refractivity contribution >= 4 is 17.5 Å². The van der Waals surface area contributed by atoms with Crippen LogP contribution in [-0.2, 0) is 7.05 Å². The first-order valence-electron chi connectivity index (χ1n) is 13.1. The summed E-state index contributed by atoms with van der Waals surface area (Å²) in [4.78, 5) is 23.6. The molecular formula is C26H38FN9O. The Morgan fingerprint density at radius 3 is 2.68 bits per heavy atom. The molecule has 2 N–H and O–H groups in total. The van der Waals surface area contributed by atoms with Gasteiger partial charge in [0.15, 0.2) is 11.6 Å². The molecule has 1 fully saturated rings. The first-order chi connectivity index (χ1) is 17.7. The summed E-state index contributed by atoms with van der Waals surface area (Å²) in [6.07, 6.45) is 5.39. The van der Waals surface area contributed by atoms with Crippen molar-refractivity contribution in [1.29, 1.82) is 0 Å². The molecule has 0 bridgehead atoms. The number of aryl methyl sites for hydroxylation is 2. The van der Waals surface area contributed by atoms with Crippen LogP contribution in [0.5, 0.6) is 0 Å². The fourth-order valence-electron chi connectivity index (χ4n) is 5.22. The highest BCUT2D eigenvalue weighted by atomic mass is 19.1. The smallest absolute Gasteiger partial charge is 0.367 e. The van der Waals surface area contributed by atoms with E-state index in [1.807, 2.05) is 19.1 Å². The summed E-state index contributed by atoms with van der Waals surface area (Å²) in [6.45, 7) is 10.1. The number of aromatic nitrogens is 6. The average Bonchev–Trinajstić information content (AvgIpc) is 3.22. The molecule has 1 saturated heterocycles. The summed E-state index contributed by atoms with van der Waals surface area (Å²) in [5.41, 5.74) is 2.97. The zero-order valence-electron chi connectivity index (χ0n) is 22.6. The van der Waals surface area contributed by atoms with Crippen LogP contribution in [0, 0.1) is 18.7 Å². The second-order valence-corrected chi connectivity index (χ2v) is 10.1. The van der Waals surface area contributed by atoms with Gasteiger partial charge < -0.3 is 15.5 Å². The van der Waals surface area contributed by atoms with Crippen molar-refractivity contribution < 1.29 is 4.39 Å². The zero-order valence-corrected chi connectivity index (χ0v) is 22.6. The second-order valence-electron chi connectivity index (χ2n) is 10.1. The van der Waals surface area contributed by atoms with Gasteiger partial charge in [-0.15, -0.1) is 0 Å². The maximum Gasteiger partial charge on any atom is 0.368 e. The number of hydrogen-bond donors (Lipinski definition) is 2. The highest BCUT2D eigenvalue weighted by molar-refractivity contribution is 5.65. The first kappa shape index (κ1) is 26.7. The Kier molecular flexibility index (Phi) is 8.21. The molecule has 0 saturated carbocycles. The lowest BCUT2D eigenvalue weighted by Crippen LogP contribution is -2.44. The molecule has 0 aliphatic carbocycles. The standard InChI is InChI=1S/C26H38FN9O/c1-7-16(3)19-12-17(4)21(13-23(19)36-26(37)35(6)32-33-36)30-25-29-15-20(27)24(31-25)28-14-18-10-9-11-34(5)22(18)8-2/h12-13,15-16,18,22H,7-11,14H2,1-6H3,(H2,28,29,30,31). The fourth-order valence-corrected chi connectivity index (χ4v) is 5.22. The molecule has 0 amide bonds. The van der Waals surface area contributed by atoms with Gasteiger partial charge in [-0.1, -0.05) is 26.8 Å². The quantitative estimate of drug-likeness (QED) is 0.444. The van der Waals surface area contributed by atoms with Crippen LogP contribution in [0.2, 0.25) is 0 Å². The van der Waals surface area contributed by atoms with E-state index < -0.39 is 5.82 Å². The maximum atomic E-state index is 14.6. The van der Waals surface area contributed by atoms with Crippen molar-refractivity contribution in [1.82, 2.24) is 34.7 Å². The lowest BCUT2D eigenvalue weighted by Gasteiger charge is -2.39. The van der Waals surface area contributed by atoms with Crippen molar-refractivity contribution in [2.24, 2.45) is 13.0 Å². The minimum atomic E-state index is -0.488. The van der Waals surface area contributed by atoms with Crippen LogP contribution >= 0.6 is 0 Å². The molecular weight excluding hydrogens is 473 g/mol. The van der Waals surface area contributed by atoms with Crippen molar-refractivity contribution in [2.75, 3.05) is 30.8 Å². The Morgan fingerprint density at radius 2 is 2.00 bits per heavy atom.